The molecule has 0 aromatic carbocycles. The van der Waals surface area contributed by atoms with Gasteiger partial charge < -0.3 is 4.90 Å². The van der Waals surface area contributed by atoms with Crippen molar-refractivity contribution in [1.82, 2.24) is 14.7 Å². The first-order valence-corrected chi connectivity index (χ1v) is 4.92. The topological polar surface area (TPSA) is 9.72 Å². The number of rotatable bonds is 4. The van der Waals surface area contributed by atoms with Crippen LogP contribution in [0.1, 0.15) is 43.6 Å². The summed E-state index contributed by atoms with van der Waals surface area (Å²) in [7, 11) is 10.4. The quantitative estimate of drug-likeness (QED) is 0.709. The van der Waals surface area contributed by atoms with Crippen molar-refractivity contribution in [3.8, 4) is 0 Å². The van der Waals surface area contributed by atoms with Crippen LogP contribution in [-0.2, 0) is 0 Å². The minimum absolute atomic E-state index is 0. The maximum Gasteiger partial charge on any atom is 0.0497 e. The third kappa shape index (κ3) is 49.3. The van der Waals surface area contributed by atoms with Gasteiger partial charge in [-0.05, 0) is 48.3 Å². The zero-order chi connectivity index (χ0) is 10.9. The Balaban J connectivity index is -0.0000000306. The Labute approximate surface area is 114 Å². The normalized spacial score (nSPS) is 8.12. The summed E-state index contributed by atoms with van der Waals surface area (Å²) in [6.07, 6.45) is 0. The smallest absolute Gasteiger partial charge is 0.0497 e. The lowest BCUT2D eigenvalue weighted by Crippen LogP contribution is -2.29. The molecular formula is C14H43N3. The Morgan fingerprint density at radius 3 is 0.941 bits per heavy atom. The van der Waals surface area contributed by atoms with E-state index < -0.39 is 0 Å². The summed E-state index contributed by atoms with van der Waals surface area (Å²) in [6.45, 7) is 7.60. The monoisotopic (exact) mass is 253 g/mol. The van der Waals surface area contributed by atoms with Crippen molar-refractivity contribution in [1.29, 1.82) is 0 Å². The second-order valence-corrected chi connectivity index (χ2v) is 3.79. The van der Waals surface area contributed by atoms with Crippen LogP contribution in [0.5, 0.6) is 0 Å². The fourth-order valence-electron chi connectivity index (χ4n) is 0.583. The molecule has 0 amide bonds. The van der Waals surface area contributed by atoms with Gasteiger partial charge in [-0.25, -0.2) is 0 Å². The lowest BCUT2D eigenvalue weighted by Gasteiger charge is -2.18. The summed E-state index contributed by atoms with van der Waals surface area (Å²) in [5.74, 6) is 0. The molecule has 0 spiro atoms. The summed E-state index contributed by atoms with van der Waals surface area (Å²) in [6, 6.07) is 0. The number of nitrogens with zero attached hydrogens (tertiary/aromatic N) is 3. The van der Waals surface area contributed by atoms with Gasteiger partial charge in [-0.2, -0.15) is 0 Å². The molecule has 0 atom stereocenters. The van der Waals surface area contributed by atoms with Gasteiger partial charge in [-0.3, -0.25) is 9.80 Å². The fraction of sp³-hybridized carbons (Fsp3) is 1.00. The second kappa shape index (κ2) is 24.9. The standard InChI is InChI=1S/C6H16N2.C4H11N.4CH4/c1-5-8(4)6-7(2)3;1-4-5(2)3;;;;/h5-6H2,1-4H3;4H2,1-3H3;4*1H4. The van der Waals surface area contributed by atoms with Crippen molar-refractivity contribution >= 4 is 0 Å². The molecule has 0 rings (SSSR count). The zero-order valence-corrected chi connectivity index (χ0v) is 10.5. The first kappa shape index (κ1) is 36.0. The Morgan fingerprint density at radius 1 is 0.588 bits per heavy atom. The SMILES string of the molecule is C.C.C.C.CCN(C)C.CCN(C)CN(C)C. The van der Waals surface area contributed by atoms with Crippen LogP contribution >= 0.6 is 0 Å². The van der Waals surface area contributed by atoms with Crippen LogP contribution in [0.2, 0.25) is 0 Å². The summed E-state index contributed by atoms with van der Waals surface area (Å²) >= 11 is 0. The van der Waals surface area contributed by atoms with Crippen LogP contribution in [0.15, 0.2) is 0 Å². The predicted octanol–water partition coefficient (Wildman–Crippen LogP) is 3.57. The van der Waals surface area contributed by atoms with Crippen LogP contribution in [0.4, 0.5) is 0 Å². The minimum Gasteiger partial charge on any atom is -0.310 e. The van der Waals surface area contributed by atoms with Crippen LogP contribution in [0.25, 0.3) is 0 Å². The van der Waals surface area contributed by atoms with E-state index in [9.17, 15) is 0 Å². The number of hydrogen-bond donors (Lipinski definition) is 0. The van der Waals surface area contributed by atoms with Crippen molar-refractivity contribution in [2.24, 2.45) is 0 Å². The average molecular weight is 254 g/mol. The molecule has 0 N–H and O–H groups in total. The van der Waals surface area contributed by atoms with Crippen LogP contribution in [0.3, 0.4) is 0 Å². The minimum atomic E-state index is 0. The van der Waals surface area contributed by atoms with Gasteiger partial charge in [0.2, 0.25) is 0 Å². The first-order valence-electron chi connectivity index (χ1n) is 4.92. The van der Waals surface area contributed by atoms with E-state index in [-0.39, 0.29) is 29.7 Å². The van der Waals surface area contributed by atoms with Gasteiger partial charge in [-0.1, -0.05) is 43.6 Å². The van der Waals surface area contributed by atoms with Gasteiger partial charge in [0, 0.05) is 6.67 Å². The molecule has 0 unspecified atom stereocenters. The molecule has 0 aromatic rings. The highest BCUT2D eigenvalue weighted by atomic mass is 15.3. The van der Waals surface area contributed by atoms with Crippen LogP contribution in [0, 0.1) is 0 Å². The second-order valence-electron chi connectivity index (χ2n) is 3.79. The lowest BCUT2D eigenvalue weighted by molar-refractivity contribution is 0.219. The molecular weight excluding hydrogens is 210 g/mol. The molecule has 17 heavy (non-hydrogen) atoms. The van der Waals surface area contributed by atoms with Gasteiger partial charge in [0.1, 0.15) is 0 Å². The molecule has 0 fully saturated rings. The molecule has 0 aromatic heterocycles. The van der Waals surface area contributed by atoms with E-state index in [1.165, 1.54) is 0 Å². The van der Waals surface area contributed by atoms with Crippen molar-refractivity contribution in [3.63, 3.8) is 0 Å². The highest BCUT2D eigenvalue weighted by Crippen LogP contribution is 1.80. The molecule has 114 valence electrons. The van der Waals surface area contributed by atoms with Crippen molar-refractivity contribution < 1.29 is 0 Å². The van der Waals surface area contributed by atoms with Gasteiger partial charge in [-0.15, -0.1) is 0 Å². The first-order chi connectivity index (χ1) is 5.93. The van der Waals surface area contributed by atoms with E-state index in [0.717, 1.165) is 19.8 Å². The average Bonchev–Trinajstić information content (AvgIpc) is 2.04. The van der Waals surface area contributed by atoms with E-state index in [0.29, 0.717) is 0 Å². The molecule has 0 saturated heterocycles. The third-order valence-corrected chi connectivity index (χ3v) is 1.70. The Kier molecular flexibility index (Phi) is 52.7. The van der Waals surface area contributed by atoms with E-state index in [2.05, 4.69) is 63.8 Å². The van der Waals surface area contributed by atoms with Crippen LogP contribution < -0.4 is 0 Å². The molecule has 0 aliphatic carbocycles. The summed E-state index contributed by atoms with van der Waals surface area (Å²) in [5, 5.41) is 0. The molecule has 3 heteroatoms. The number of hydrogen-bond acceptors (Lipinski definition) is 3. The maximum atomic E-state index is 2.25. The summed E-state index contributed by atoms with van der Waals surface area (Å²) in [4.78, 5) is 6.53. The van der Waals surface area contributed by atoms with Crippen LogP contribution in [-0.4, -0.2) is 69.7 Å². The largest absolute Gasteiger partial charge is 0.310 e. The summed E-state index contributed by atoms with van der Waals surface area (Å²) < 4.78 is 0. The predicted molar refractivity (Wildman–Crippen MR) is 88.0 cm³/mol. The molecule has 0 aliphatic rings. The maximum absolute atomic E-state index is 2.25. The Bertz CT molecular complexity index is 93.5. The van der Waals surface area contributed by atoms with E-state index >= 15 is 0 Å². The fourth-order valence-corrected chi connectivity index (χ4v) is 0.583. The molecule has 0 bridgehead atoms. The summed E-state index contributed by atoms with van der Waals surface area (Å²) in [5.41, 5.74) is 0. The van der Waals surface area contributed by atoms with Gasteiger partial charge >= 0.3 is 0 Å². The van der Waals surface area contributed by atoms with Gasteiger partial charge in [0.05, 0.1) is 0 Å². The van der Waals surface area contributed by atoms with Gasteiger partial charge in [0.15, 0.2) is 0 Å². The van der Waals surface area contributed by atoms with Crippen molar-refractivity contribution in [2.45, 2.75) is 43.6 Å². The van der Waals surface area contributed by atoms with Crippen molar-refractivity contribution in [3.05, 3.63) is 0 Å². The highest BCUT2D eigenvalue weighted by molar-refractivity contribution is 4.41. The third-order valence-electron chi connectivity index (χ3n) is 1.70. The Morgan fingerprint density at radius 2 is 0.882 bits per heavy atom. The molecule has 0 aliphatic heterocycles. The molecule has 0 radical (unpaired) electrons. The van der Waals surface area contributed by atoms with E-state index in [1.54, 1.807) is 0 Å². The molecule has 3 nitrogen and oxygen atoms in total. The Hall–Kier alpha value is -0.120. The zero-order valence-electron chi connectivity index (χ0n) is 10.5. The highest BCUT2D eigenvalue weighted by Gasteiger charge is 1.92. The van der Waals surface area contributed by atoms with Gasteiger partial charge in [0.25, 0.3) is 0 Å². The lowest BCUT2D eigenvalue weighted by atomic mass is 10.6. The van der Waals surface area contributed by atoms with Crippen molar-refractivity contribution in [2.75, 3.05) is 55.0 Å². The van der Waals surface area contributed by atoms with E-state index in [4.69, 9.17) is 0 Å². The molecule has 0 saturated carbocycles. The van der Waals surface area contributed by atoms with E-state index in [1.807, 2.05) is 0 Å². The molecule has 0 heterocycles.